The number of hydrogen-bond donors (Lipinski definition) is 2. The maximum absolute atomic E-state index is 6.07. The van der Waals surface area contributed by atoms with E-state index in [9.17, 15) is 0 Å². The Labute approximate surface area is 128 Å². The Morgan fingerprint density at radius 3 is 2.40 bits per heavy atom. The quantitative estimate of drug-likeness (QED) is 0.666. The van der Waals surface area contributed by atoms with E-state index >= 15 is 0 Å². The van der Waals surface area contributed by atoms with Gasteiger partial charge in [0.05, 0.1) is 23.2 Å². The van der Waals surface area contributed by atoms with Crippen LogP contribution in [0.3, 0.4) is 0 Å². The summed E-state index contributed by atoms with van der Waals surface area (Å²) in [5.74, 6) is 6.52. The molecule has 0 bridgehead atoms. The Balaban J connectivity index is 2.43. The van der Waals surface area contributed by atoms with Gasteiger partial charge < -0.3 is 4.74 Å². The average molecular weight is 311 g/mol. The van der Waals surface area contributed by atoms with Gasteiger partial charge in [0.15, 0.2) is 0 Å². The van der Waals surface area contributed by atoms with Crippen LogP contribution >= 0.6 is 23.2 Å². The molecule has 0 aliphatic rings. The maximum atomic E-state index is 6.07. The highest BCUT2D eigenvalue weighted by atomic mass is 35.5. The van der Waals surface area contributed by atoms with Crippen LogP contribution in [0.2, 0.25) is 10.0 Å². The largest absolute Gasteiger partial charge is 0.497 e. The number of halogens is 2. The molecule has 20 heavy (non-hydrogen) atoms. The maximum Gasteiger partial charge on any atom is 0.119 e. The molecular weight excluding hydrogens is 295 g/mol. The average Bonchev–Trinajstić information content (AvgIpc) is 2.45. The molecule has 0 aliphatic heterocycles. The summed E-state index contributed by atoms with van der Waals surface area (Å²) in [6, 6.07) is 11.2. The molecular formula is C15H16Cl2N2O. The minimum Gasteiger partial charge on any atom is -0.497 e. The van der Waals surface area contributed by atoms with Crippen LogP contribution in [0, 0.1) is 6.92 Å². The predicted molar refractivity (Wildman–Crippen MR) is 83.4 cm³/mol. The standard InChI is InChI=1S/C15H16Cl2N2O/c1-9-7-11(20-2)4-5-12(9)15(19-18)10-3-6-13(16)14(17)8-10/h3-8,15,19H,18H2,1-2H3. The molecule has 2 aromatic rings. The van der Waals surface area contributed by atoms with Crippen LogP contribution in [-0.2, 0) is 0 Å². The van der Waals surface area contributed by atoms with Gasteiger partial charge in [0.25, 0.3) is 0 Å². The first-order valence-electron chi connectivity index (χ1n) is 6.12. The SMILES string of the molecule is COc1ccc(C(NN)c2ccc(Cl)c(Cl)c2)c(C)c1. The molecule has 3 N–H and O–H groups in total. The van der Waals surface area contributed by atoms with Gasteiger partial charge in [-0.2, -0.15) is 0 Å². The summed E-state index contributed by atoms with van der Waals surface area (Å²) in [6.07, 6.45) is 0. The molecule has 0 aliphatic carbocycles. The third-order valence-corrected chi connectivity index (χ3v) is 3.97. The second kappa shape index (κ2) is 6.46. The monoisotopic (exact) mass is 310 g/mol. The summed E-state index contributed by atoms with van der Waals surface area (Å²) in [5, 5.41) is 1.04. The van der Waals surface area contributed by atoms with Crippen LogP contribution in [0.4, 0.5) is 0 Å². The smallest absolute Gasteiger partial charge is 0.119 e. The number of benzene rings is 2. The van der Waals surface area contributed by atoms with Crippen molar-refractivity contribution >= 4 is 23.2 Å². The second-order valence-corrected chi connectivity index (χ2v) is 5.31. The lowest BCUT2D eigenvalue weighted by Crippen LogP contribution is -2.29. The lowest BCUT2D eigenvalue weighted by Gasteiger charge is -2.20. The van der Waals surface area contributed by atoms with Gasteiger partial charge in [0.2, 0.25) is 0 Å². The molecule has 3 nitrogen and oxygen atoms in total. The first kappa shape index (κ1) is 15.1. The summed E-state index contributed by atoms with van der Waals surface area (Å²) in [4.78, 5) is 0. The van der Waals surface area contributed by atoms with Crippen LogP contribution in [0.5, 0.6) is 5.75 Å². The van der Waals surface area contributed by atoms with E-state index in [1.807, 2.05) is 37.3 Å². The predicted octanol–water partition coefficient (Wildman–Crippen LogP) is 3.86. The molecule has 0 radical (unpaired) electrons. The van der Waals surface area contributed by atoms with Crippen molar-refractivity contribution < 1.29 is 4.74 Å². The lowest BCUT2D eigenvalue weighted by molar-refractivity contribution is 0.414. The van der Waals surface area contributed by atoms with E-state index in [1.54, 1.807) is 13.2 Å². The zero-order valence-corrected chi connectivity index (χ0v) is 12.8. The van der Waals surface area contributed by atoms with Crippen LogP contribution in [-0.4, -0.2) is 7.11 Å². The van der Waals surface area contributed by atoms with Gasteiger partial charge in [-0.3, -0.25) is 5.84 Å². The molecule has 1 unspecified atom stereocenters. The Kier molecular flexibility index (Phi) is 4.89. The van der Waals surface area contributed by atoms with E-state index in [-0.39, 0.29) is 6.04 Å². The number of hydrogen-bond acceptors (Lipinski definition) is 3. The molecule has 0 spiro atoms. The van der Waals surface area contributed by atoms with Crippen molar-refractivity contribution in [3.8, 4) is 5.75 Å². The van der Waals surface area contributed by atoms with E-state index in [1.165, 1.54) is 0 Å². The Morgan fingerprint density at radius 2 is 1.85 bits per heavy atom. The number of hydrazine groups is 1. The van der Waals surface area contributed by atoms with E-state index in [0.717, 1.165) is 22.4 Å². The highest BCUT2D eigenvalue weighted by molar-refractivity contribution is 6.42. The highest BCUT2D eigenvalue weighted by Crippen LogP contribution is 2.31. The van der Waals surface area contributed by atoms with Crippen LogP contribution in [0.25, 0.3) is 0 Å². The van der Waals surface area contributed by atoms with E-state index < -0.39 is 0 Å². The number of nitrogens with one attached hydrogen (secondary N) is 1. The van der Waals surface area contributed by atoms with E-state index in [0.29, 0.717) is 10.0 Å². The Bertz CT molecular complexity index is 617. The Hall–Kier alpha value is -1.26. The van der Waals surface area contributed by atoms with E-state index in [2.05, 4.69) is 5.43 Å². The highest BCUT2D eigenvalue weighted by Gasteiger charge is 2.16. The second-order valence-electron chi connectivity index (χ2n) is 4.50. The summed E-state index contributed by atoms with van der Waals surface area (Å²) >= 11 is 12.0. The molecule has 0 aromatic heterocycles. The third kappa shape index (κ3) is 3.07. The fraction of sp³-hybridized carbons (Fsp3) is 0.200. The van der Waals surface area contributed by atoms with Crippen molar-refractivity contribution in [1.29, 1.82) is 0 Å². The van der Waals surface area contributed by atoms with Gasteiger partial charge in [0, 0.05) is 0 Å². The van der Waals surface area contributed by atoms with Crippen LogP contribution in [0.1, 0.15) is 22.7 Å². The van der Waals surface area contributed by atoms with Gasteiger partial charge in [0.1, 0.15) is 5.75 Å². The van der Waals surface area contributed by atoms with Crippen molar-refractivity contribution in [2.45, 2.75) is 13.0 Å². The molecule has 0 saturated heterocycles. The zero-order chi connectivity index (χ0) is 14.7. The number of ether oxygens (including phenoxy) is 1. The summed E-state index contributed by atoms with van der Waals surface area (Å²) in [7, 11) is 1.64. The minimum absolute atomic E-state index is 0.157. The molecule has 2 aromatic carbocycles. The summed E-state index contributed by atoms with van der Waals surface area (Å²) in [5.41, 5.74) is 5.91. The van der Waals surface area contributed by atoms with Crippen LogP contribution < -0.4 is 16.0 Å². The van der Waals surface area contributed by atoms with Gasteiger partial charge in [-0.1, -0.05) is 35.3 Å². The number of aryl methyl sites for hydroxylation is 1. The molecule has 2 rings (SSSR count). The molecule has 5 heteroatoms. The van der Waals surface area contributed by atoms with Crippen molar-refractivity contribution in [3.05, 3.63) is 63.1 Å². The first-order chi connectivity index (χ1) is 9.56. The minimum atomic E-state index is -0.157. The molecule has 1 atom stereocenters. The van der Waals surface area contributed by atoms with Gasteiger partial charge in [-0.15, -0.1) is 0 Å². The van der Waals surface area contributed by atoms with Crippen molar-refractivity contribution in [2.75, 3.05) is 7.11 Å². The van der Waals surface area contributed by atoms with Gasteiger partial charge >= 0.3 is 0 Å². The normalized spacial score (nSPS) is 12.2. The topological polar surface area (TPSA) is 47.3 Å². The molecule has 0 heterocycles. The first-order valence-corrected chi connectivity index (χ1v) is 6.88. The van der Waals surface area contributed by atoms with Crippen LogP contribution in [0.15, 0.2) is 36.4 Å². The summed E-state index contributed by atoms with van der Waals surface area (Å²) < 4.78 is 5.21. The van der Waals surface area contributed by atoms with Crippen molar-refractivity contribution in [3.63, 3.8) is 0 Å². The molecule has 0 saturated carbocycles. The van der Waals surface area contributed by atoms with Crippen molar-refractivity contribution in [2.24, 2.45) is 5.84 Å². The fourth-order valence-electron chi connectivity index (χ4n) is 2.16. The number of rotatable bonds is 4. The number of methoxy groups -OCH3 is 1. The number of nitrogens with two attached hydrogens (primary N) is 1. The van der Waals surface area contributed by atoms with Crippen molar-refractivity contribution in [1.82, 2.24) is 5.43 Å². The third-order valence-electron chi connectivity index (χ3n) is 3.23. The molecule has 0 fully saturated rings. The zero-order valence-electron chi connectivity index (χ0n) is 11.3. The fourth-order valence-corrected chi connectivity index (χ4v) is 2.46. The molecule has 0 amide bonds. The van der Waals surface area contributed by atoms with Gasteiger partial charge in [-0.05, 0) is 47.9 Å². The van der Waals surface area contributed by atoms with Gasteiger partial charge in [-0.25, -0.2) is 5.43 Å². The molecule has 106 valence electrons. The Morgan fingerprint density at radius 1 is 1.10 bits per heavy atom. The summed E-state index contributed by atoms with van der Waals surface area (Å²) in [6.45, 7) is 2.01. The lowest BCUT2D eigenvalue weighted by atomic mass is 9.95. The van der Waals surface area contributed by atoms with E-state index in [4.69, 9.17) is 33.8 Å².